The maximum Gasteiger partial charge on any atom is 0.231 e. The van der Waals surface area contributed by atoms with Gasteiger partial charge in [0, 0.05) is 24.6 Å². The largest absolute Gasteiger partial charge is 0.312 e. The minimum atomic E-state index is -0.371. The zero-order valence-corrected chi connectivity index (χ0v) is 16.9. The first-order valence-electron chi connectivity index (χ1n) is 9.59. The van der Waals surface area contributed by atoms with Crippen molar-refractivity contribution >= 4 is 34.0 Å². The van der Waals surface area contributed by atoms with Crippen molar-refractivity contribution in [3.05, 3.63) is 34.8 Å². The second-order valence-corrected chi connectivity index (χ2v) is 7.88. The Balaban J connectivity index is 1.63. The molecule has 2 heterocycles. The van der Waals surface area contributed by atoms with E-state index in [0.29, 0.717) is 17.6 Å². The number of aromatic nitrogens is 2. The van der Waals surface area contributed by atoms with Gasteiger partial charge >= 0.3 is 0 Å². The molecule has 1 N–H and O–H groups in total. The summed E-state index contributed by atoms with van der Waals surface area (Å²) in [5.41, 5.74) is 2.07. The number of aryl methyl sites for hydroxylation is 1. The summed E-state index contributed by atoms with van der Waals surface area (Å²) in [6.07, 6.45) is 3.18. The van der Waals surface area contributed by atoms with Crippen molar-refractivity contribution in [3.8, 4) is 0 Å². The lowest BCUT2D eigenvalue weighted by Gasteiger charge is -2.17. The first-order valence-corrected chi connectivity index (χ1v) is 10.4. The summed E-state index contributed by atoms with van der Waals surface area (Å²) in [6, 6.07) is 7.95. The van der Waals surface area contributed by atoms with Crippen LogP contribution in [0.15, 0.2) is 24.3 Å². The Morgan fingerprint density at radius 2 is 1.93 bits per heavy atom. The molecule has 0 radical (unpaired) electrons. The van der Waals surface area contributed by atoms with E-state index in [1.165, 1.54) is 16.9 Å². The zero-order valence-electron chi connectivity index (χ0n) is 16.1. The van der Waals surface area contributed by atoms with Crippen LogP contribution in [0.2, 0.25) is 0 Å². The highest BCUT2D eigenvalue weighted by atomic mass is 32.1. The number of nitrogens with zero attached hydrogens (tertiary/aromatic N) is 3. The van der Waals surface area contributed by atoms with Gasteiger partial charge in [0.05, 0.1) is 5.92 Å². The number of rotatable bonds is 7. The summed E-state index contributed by atoms with van der Waals surface area (Å²) < 4.78 is 0. The lowest BCUT2D eigenvalue weighted by molar-refractivity contribution is -0.122. The van der Waals surface area contributed by atoms with Gasteiger partial charge in [0.25, 0.3) is 0 Å². The number of carbonyl (C=O) groups is 2. The normalized spacial score (nSPS) is 17.0. The molecule has 2 amide bonds. The molecule has 1 aliphatic rings. The van der Waals surface area contributed by atoms with E-state index in [2.05, 4.69) is 36.3 Å². The van der Waals surface area contributed by atoms with Crippen molar-refractivity contribution in [2.24, 2.45) is 5.92 Å². The van der Waals surface area contributed by atoms with Crippen LogP contribution in [0.1, 0.15) is 56.5 Å². The average Bonchev–Trinajstić information content (AvgIpc) is 3.30. The van der Waals surface area contributed by atoms with Crippen LogP contribution in [0.4, 0.5) is 10.8 Å². The molecule has 144 valence electrons. The Hall–Kier alpha value is -2.28. The van der Waals surface area contributed by atoms with Crippen molar-refractivity contribution in [2.45, 2.75) is 52.4 Å². The third-order valence-corrected chi connectivity index (χ3v) is 6.16. The van der Waals surface area contributed by atoms with E-state index in [4.69, 9.17) is 0 Å². The molecular weight excluding hydrogens is 360 g/mol. The molecule has 3 rings (SSSR count). The number of hydrogen-bond acceptors (Lipinski definition) is 5. The Morgan fingerprint density at radius 3 is 2.56 bits per heavy atom. The number of hydrogen-bond donors (Lipinski definition) is 1. The maximum absolute atomic E-state index is 12.6. The van der Waals surface area contributed by atoms with Gasteiger partial charge in [-0.1, -0.05) is 44.2 Å². The molecule has 0 bridgehead atoms. The third kappa shape index (κ3) is 4.35. The number of amides is 2. The van der Waals surface area contributed by atoms with Crippen LogP contribution in [-0.4, -0.2) is 28.6 Å². The molecule has 1 fully saturated rings. The number of benzene rings is 1. The predicted octanol–water partition coefficient (Wildman–Crippen LogP) is 4.00. The molecule has 1 aliphatic heterocycles. The fourth-order valence-corrected chi connectivity index (χ4v) is 4.35. The van der Waals surface area contributed by atoms with Gasteiger partial charge in [-0.15, -0.1) is 10.2 Å². The van der Waals surface area contributed by atoms with E-state index in [9.17, 15) is 9.59 Å². The van der Waals surface area contributed by atoms with Crippen LogP contribution >= 0.6 is 11.3 Å². The van der Waals surface area contributed by atoms with Crippen molar-refractivity contribution in [1.82, 2.24) is 10.2 Å². The van der Waals surface area contributed by atoms with Gasteiger partial charge in [-0.05, 0) is 37.0 Å². The standard InChI is InChI=1S/C20H26N4O2S/c1-4-13-7-9-16(10-8-13)24-12-15(11-17(24)25)18(26)21-20-23-22-19(27-20)14(5-2)6-3/h7-10,14-15H,4-6,11-12H2,1-3H3,(H,21,23,26)/t15-/m0/s1. The molecule has 0 unspecified atom stereocenters. The Morgan fingerprint density at radius 1 is 1.22 bits per heavy atom. The fraction of sp³-hybridized carbons (Fsp3) is 0.500. The Labute approximate surface area is 164 Å². The van der Waals surface area contributed by atoms with Crippen LogP contribution in [-0.2, 0) is 16.0 Å². The Kier molecular flexibility index (Phi) is 6.21. The van der Waals surface area contributed by atoms with Gasteiger partial charge < -0.3 is 10.2 Å². The molecule has 1 saturated heterocycles. The second kappa shape index (κ2) is 8.61. The number of anilines is 2. The molecule has 0 aliphatic carbocycles. The van der Waals surface area contributed by atoms with E-state index in [-0.39, 0.29) is 24.2 Å². The highest BCUT2D eigenvalue weighted by Gasteiger charge is 2.35. The van der Waals surface area contributed by atoms with E-state index in [1.807, 2.05) is 24.3 Å². The summed E-state index contributed by atoms with van der Waals surface area (Å²) in [5.74, 6) is -0.177. The van der Waals surface area contributed by atoms with Crippen LogP contribution in [0.3, 0.4) is 0 Å². The topological polar surface area (TPSA) is 75.2 Å². The molecule has 1 aromatic carbocycles. The highest BCUT2D eigenvalue weighted by Crippen LogP contribution is 2.30. The first-order chi connectivity index (χ1) is 13.0. The molecule has 6 nitrogen and oxygen atoms in total. The Bertz CT molecular complexity index is 799. The lowest BCUT2D eigenvalue weighted by atomic mass is 10.1. The molecule has 27 heavy (non-hydrogen) atoms. The minimum absolute atomic E-state index is 0.0191. The smallest absolute Gasteiger partial charge is 0.231 e. The van der Waals surface area contributed by atoms with Gasteiger partial charge in [-0.3, -0.25) is 9.59 Å². The van der Waals surface area contributed by atoms with Crippen molar-refractivity contribution in [3.63, 3.8) is 0 Å². The van der Waals surface area contributed by atoms with Crippen LogP contribution in [0.5, 0.6) is 0 Å². The van der Waals surface area contributed by atoms with E-state index < -0.39 is 0 Å². The summed E-state index contributed by atoms with van der Waals surface area (Å²) in [7, 11) is 0. The van der Waals surface area contributed by atoms with Gasteiger partial charge in [-0.2, -0.15) is 0 Å². The van der Waals surface area contributed by atoms with Crippen molar-refractivity contribution < 1.29 is 9.59 Å². The minimum Gasteiger partial charge on any atom is -0.312 e. The van der Waals surface area contributed by atoms with Gasteiger partial charge in [0.1, 0.15) is 5.01 Å². The van der Waals surface area contributed by atoms with Gasteiger partial charge in [0.2, 0.25) is 16.9 Å². The predicted molar refractivity (Wildman–Crippen MR) is 108 cm³/mol. The van der Waals surface area contributed by atoms with E-state index in [1.54, 1.807) is 4.90 Å². The lowest BCUT2D eigenvalue weighted by Crippen LogP contribution is -2.28. The average molecular weight is 387 g/mol. The third-order valence-electron chi connectivity index (χ3n) is 5.16. The van der Waals surface area contributed by atoms with E-state index in [0.717, 1.165) is 30.0 Å². The summed E-state index contributed by atoms with van der Waals surface area (Å²) >= 11 is 1.43. The maximum atomic E-state index is 12.6. The van der Waals surface area contributed by atoms with Crippen LogP contribution in [0, 0.1) is 5.92 Å². The molecular formula is C20H26N4O2S. The molecule has 1 atom stereocenters. The molecule has 2 aromatic rings. The zero-order chi connectivity index (χ0) is 19.4. The quantitative estimate of drug-likeness (QED) is 0.780. The highest BCUT2D eigenvalue weighted by molar-refractivity contribution is 7.15. The summed E-state index contributed by atoms with van der Waals surface area (Å²) in [5, 5.41) is 12.6. The fourth-order valence-electron chi connectivity index (χ4n) is 3.34. The van der Waals surface area contributed by atoms with Gasteiger partial charge in [0.15, 0.2) is 0 Å². The molecule has 0 saturated carbocycles. The number of carbonyl (C=O) groups excluding carboxylic acids is 2. The molecule has 1 aromatic heterocycles. The van der Waals surface area contributed by atoms with Crippen molar-refractivity contribution in [1.29, 1.82) is 0 Å². The molecule has 0 spiro atoms. The first kappa shape index (κ1) is 19.5. The second-order valence-electron chi connectivity index (χ2n) is 6.87. The van der Waals surface area contributed by atoms with Gasteiger partial charge in [-0.25, -0.2) is 0 Å². The monoisotopic (exact) mass is 386 g/mol. The summed E-state index contributed by atoms with van der Waals surface area (Å²) in [6.45, 7) is 6.74. The number of nitrogens with one attached hydrogen (secondary N) is 1. The SMILES string of the molecule is CCc1ccc(N2C[C@@H](C(=O)Nc3nnc(C(CC)CC)s3)CC2=O)cc1. The van der Waals surface area contributed by atoms with E-state index >= 15 is 0 Å². The molecule has 7 heteroatoms. The van der Waals surface area contributed by atoms with Crippen molar-refractivity contribution in [2.75, 3.05) is 16.8 Å². The van der Waals surface area contributed by atoms with Crippen LogP contribution < -0.4 is 10.2 Å². The van der Waals surface area contributed by atoms with Crippen LogP contribution in [0.25, 0.3) is 0 Å². The summed E-state index contributed by atoms with van der Waals surface area (Å²) in [4.78, 5) is 26.7.